The summed E-state index contributed by atoms with van der Waals surface area (Å²) < 4.78 is 0. The summed E-state index contributed by atoms with van der Waals surface area (Å²) in [6.45, 7) is 6.50. The van der Waals surface area contributed by atoms with Gasteiger partial charge in [-0.3, -0.25) is 14.9 Å². The molecular weight excluding hydrogens is 318 g/mol. The predicted octanol–water partition coefficient (Wildman–Crippen LogP) is 2.83. The fourth-order valence-electron chi connectivity index (χ4n) is 2.57. The molecule has 0 saturated heterocycles. The van der Waals surface area contributed by atoms with Crippen molar-refractivity contribution < 1.29 is 9.72 Å². The van der Waals surface area contributed by atoms with Crippen LogP contribution in [0.2, 0.25) is 0 Å². The highest BCUT2D eigenvalue weighted by molar-refractivity contribution is 5.85. The zero-order valence-corrected chi connectivity index (χ0v) is 14.7. The first kappa shape index (κ1) is 21.3. The Morgan fingerprint density at radius 3 is 2.61 bits per heavy atom. The minimum absolute atomic E-state index is 0. The predicted molar refractivity (Wildman–Crippen MR) is 93.7 cm³/mol. The van der Waals surface area contributed by atoms with E-state index in [4.69, 9.17) is 5.73 Å². The standard InChI is InChI=1S/C16H25N3O3.ClH/c1-12(2)10-16(3,11-17)18-15(20)8-7-13-5-4-6-14(9-13)19(21)22;/h4-6,9,12H,7-8,10-11,17H2,1-3H3,(H,18,20);1H. The average Bonchev–Trinajstić information content (AvgIpc) is 2.44. The molecule has 1 atom stereocenters. The largest absolute Gasteiger partial charge is 0.350 e. The van der Waals surface area contributed by atoms with Crippen LogP contribution >= 0.6 is 12.4 Å². The number of hydrogen-bond donors (Lipinski definition) is 2. The normalized spacial score (nSPS) is 13.1. The van der Waals surface area contributed by atoms with Gasteiger partial charge in [0.15, 0.2) is 0 Å². The third-order valence-electron chi connectivity index (χ3n) is 3.51. The number of hydrogen-bond acceptors (Lipinski definition) is 4. The number of amides is 1. The Kier molecular flexibility index (Phi) is 8.79. The van der Waals surface area contributed by atoms with Crippen LogP contribution < -0.4 is 11.1 Å². The molecule has 0 aliphatic heterocycles. The molecule has 1 aromatic rings. The molecule has 1 aromatic carbocycles. The number of nitrogens with two attached hydrogens (primary N) is 1. The van der Waals surface area contributed by atoms with Crippen molar-refractivity contribution in [3.63, 3.8) is 0 Å². The lowest BCUT2D eigenvalue weighted by molar-refractivity contribution is -0.384. The summed E-state index contributed by atoms with van der Waals surface area (Å²) in [5.41, 5.74) is 6.19. The molecule has 7 heteroatoms. The van der Waals surface area contributed by atoms with Gasteiger partial charge in [0, 0.05) is 30.6 Å². The molecule has 1 rings (SSSR count). The molecule has 6 nitrogen and oxygen atoms in total. The monoisotopic (exact) mass is 343 g/mol. The SMILES string of the molecule is CC(C)CC(C)(CN)NC(=O)CCc1cccc([N+](=O)[O-])c1.Cl. The molecular formula is C16H26ClN3O3. The van der Waals surface area contributed by atoms with E-state index in [-0.39, 0.29) is 30.4 Å². The first-order valence-electron chi connectivity index (χ1n) is 7.50. The van der Waals surface area contributed by atoms with Gasteiger partial charge >= 0.3 is 0 Å². The summed E-state index contributed by atoms with van der Waals surface area (Å²) in [6.07, 6.45) is 1.57. The molecule has 0 saturated carbocycles. The van der Waals surface area contributed by atoms with Crippen molar-refractivity contribution in [1.82, 2.24) is 5.32 Å². The van der Waals surface area contributed by atoms with Crippen LogP contribution in [-0.2, 0) is 11.2 Å². The second-order valence-corrected chi connectivity index (χ2v) is 6.34. The van der Waals surface area contributed by atoms with Gasteiger partial charge in [0.05, 0.1) is 4.92 Å². The van der Waals surface area contributed by atoms with Gasteiger partial charge in [-0.05, 0) is 31.2 Å². The van der Waals surface area contributed by atoms with Gasteiger partial charge < -0.3 is 11.1 Å². The van der Waals surface area contributed by atoms with E-state index >= 15 is 0 Å². The Morgan fingerprint density at radius 2 is 2.09 bits per heavy atom. The number of nitrogens with one attached hydrogen (secondary N) is 1. The number of aryl methyl sites for hydroxylation is 1. The summed E-state index contributed by atoms with van der Waals surface area (Å²) in [4.78, 5) is 22.4. The maximum Gasteiger partial charge on any atom is 0.269 e. The first-order valence-corrected chi connectivity index (χ1v) is 7.50. The first-order chi connectivity index (χ1) is 10.3. The molecule has 0 aliphatic rings. The second-order valence-electron chi connectivity index (χ2n) is 6.34. The molecule has 23 heavy (non-hydrogen) atoms. The minimum atomic E-state index is -0.433. The van der Waals surface area contributed by atoms with Crippen molar-refractivity contribution in [3.05, 3.63) is 39.9 Å². The zero-order valence-electron chi connectivity index (χ0n) is 13.9. The number of rotatable bonds is 8. The van der Waals surface area contributed by atoms with Crippen molar-refractivity contribution in [2.24, 2.45) is 11.7 Å². The number of benzene rings is 1. The average molecular weight is 344 g/mol. The smallest absolute Gasteiger partial charge is 0.269 e. The molecule has 3 N–H and O–H groups in total. The molecule has 0 radical (unpaired) electrons. The fraction of sp³-hybridized carbons (Fsp3) is 0.562. The van der Waals surface area contributed by atoms with E-state index in [9.17, 15) is 14.9 Å². The van der Waals surface area contributed by atoms with Crippen LogP contribution in [0.5, 0.6) is 0 Å². The quantitative estimate of drug-likeness (QED) is 0.560. The third-order valence-corrected chi connectivity index (χ3v) is 3.51. The number of halogens is 1. The number of nitrogens with zero attached hydrogens (tertiary/aromatic N) is 1. The summed E-state index contributed by atoms with van der Waals surface area (Å²) in [5.74, 6) is 0.353. The molecule has 1 amide bonds. The Bertz CT molecular complexity index is 537. The van der Waals surface area contributed by atoms with Gasteiger partial charge in [-0.2, -0.15) is 0 Å². The van der Waals surface area contributed by atoms with Crippen molar-refractivity contribution >= 4 is 24.0 Å². The van der Waals surface area contributed by atoms with E-state index in [2.05, 4.69) is 19.2 Å². The lowest BCUT2D eigenvalue weighted by Crippen LogP contribution is -2.52. The van der Waals surface area contributed by atoms with E-state index < -0.39 is 10.5 Å². The van der Waals surface area contributed by atoms with Crippen LogP contribution in [-0.4, -0.2) is 22.9 Å². The van der Waals surface area contributed by atoms with Crippen molar-refractivity contribution in [1.29, 1.82) is 0 Å². The molecule has 130 valence electrons. The van der Waals surface area contributed by atoms with E-state index in [1.54, 1.807) is 12.1 Å². The van der Waals surface area contributed by atoms with Crippen LogP contribution in [0, 0.1) is 16.0 Å². The summed E-state index contributed by atoms with van der Waals surface area (Å²) in [6, 6.07) is 6.37. The second kappa shape index (κ2) is 9.47. The number of carbonyl (C=O) groups is 1. The van der Waals surface area contributed by atoms with Gasteiger partial charge in [0.2, 0.25) is 5.91 Å². The van der Waals surface area contributed by atoms with E-state index in [0.29, 0.717) is 18.9 Å². The summed E-state index contributed by atoms with van der Waals surface area (Å²) in [7, 11) is 0. The number of nitro groups is 1. The Balaban J connectivity index is 0.00000484. The number of nitro benzene ring substituents is 1. The molecule has 0 bridgehead atoms. The lowest BCUT2D eigenvalue weighted by atomic mass is 9.90. The Hall–Kier alpha value is -1.66. The molecule has 0 aliphatic carbocycles. The van der Waals surface area contributed by atoms with Crippen molar-refractivity contribution in [2.75, 3.05) is 6.54 Å². The van der Waals surface area contributed by atoms with E-state index in [0.717, 1.165) is 12.0 Å². The van der Waals surface area contributed by atoms with Crippen LogP contribution in [0.15, 0.2) is 24.3 Å². The van der Waals surface area contributed by atoms with Crippen LogP contribution in [0.1, 0.15) is 39.2 Å². The van der Waals surface area contributed by atoms with Crippen molar-refractivity contribution in [3.8, 4) is 0 Å². The Labute approximate surface area is 143 Å². The maximum atomic E-state index is 12.1. The van der Waals surface area contributed by atoms with Crippen LogP contribution in [0.4, 0.5) is 5.69 Å². The van der Waals surface area contributed by atoms with E-state index in [1.807, 2.05) is 6.92 Å². The molecule has 0 spiro atoms. The summed E-state index contributed by atoms with van der Waals surface area (Å²) in [5, 5.41) is 13.7. The van der Waals surface area contributed by atoms with Gasteiger partial charge in [0.1, 0.15) is 0 Å². The lowest BCUT2D eigenvalue weighted by Gasteiger charge is -2.31. The van der Waals surface area contributed by atoms with Crippen molar-refractivity contribution in [2.45, 2.75) is 45.6 Å². The van der Waals surface area contributed by atoms with Gasteiger partial charge in [-0.1, -0.05) is 26.0 Å². The molecule has 0 aromatic heterocycles. The maximum absolute atomic E-state index is 12.1. The van der Waals surface area contributed by atoms with Crippen LogP contribution in [0.25, 0.3) is 0 Å². The molecule has 0 heterocycles. The van der Waals surface area contributed by atoms with Gasteiger partial charge in [-0.15, -0.1) is 12.4 Å². The highest BCUT2D eigenvalue weighted by atomic mass is 35.5. The number of carbonyl (C=O) groups excluding carboxylic acids is 1. The zero-order chi connectivity index (χ0) is 16.8. The van der Waals surface area contributed by atoms with Gasteiger partial charge in [-0.25, -0.2) is 0 Å². The Morgan fingerprint density at radius 1 is 1.43 bits per heavy atom. The topological polar surface area (TPSA) is 98.3 Å². The minimum Gasteiger partial charge on any atom is -0.350 e. The van der Waals surface area contributed by atoms with E-state index in [1.165, 1.54) is 12.1 Å². The molecule has 0 fully saturated rings. The highest BCUT2D eigenvalue weighted by Crippen LogP contribution is 2.17. The molecule has 1 unspecified atom stereocenters. The number of non-ortho nitro benzene ring substituents is 1. The summed E-state index contributed by atoms with van der Waals surface area (Å²) >= 11 is 0. The fourth-order valence-corrected chi connectivity index (χ4v) is 2.57. The van der Waals surface area contributed by atoms with Crippen LogP contribution in [0.3, 0.4) is 0 Å². The highest BCUT2D eigenvalue weighted by Gasteiger charge is 2.25. The third kappa shape index (κ3) is 7.43. The van der Waals surface area contributed by atoms with Gasteiger partial charge in [0.25, 0.3) is 5.69 Å².